The molecule has 0 saturated heterocycles. The molecule has 0 radical (unpaired) electrons. The summed E-state index contributed by atoms with van der Waals surface area (Å²) in [6.45, 7) is 2.12. The number of ether oxygens (including phenoxy) is 2. The molecule has 24 heavy (non-hydrogen) atoms. The summed E-state index contributed by atoms with van der Waals surface area (Å²) in [4.78, 5) is 12.2. The lowest BCUT2D eigenvalue weighted by Crippen LogP contribution is -2.06. The molecule has 0 atom stereocenters. The zero-order chi connectivity index (χ0) is 16.9. The third kappa shape index (κ3) is 3.43. The van der Waals surface area contributed by atoms with Crippen LogP contribution in [0.3, 0.4) is 0 Å². The summed E-state index contributed by atoms with van der Waals surface area (Å²) in [6, 6.07) is 12.5. The van der Waals surface area contributed by atoms with E-state index in [2.05, 4.69) is 10.2 Å². The molecule has 0 fully saturated rings. The zero-order valence-electron chi connectivity index (χ0n) is 13.4. The van der Waals surface area contributed by atoms with Gasteiger partial charge in [-0.25, -0.2) is 4.79 Å². The Hall–Kier alpha value is -3.15. The highest BCUT2D eigenvalue weighted by Gasteiger charge is 2.11. The second-order valence-corrected chi connectivity index (χ2v) is 5.21. The molecule has 0 unspecified atom stereocenters. The lowest BCUT2D eigenvalue weighted by Gasteiger charge is -2.10. The van der Waals surface area contributed by atoms with Gasteiger partial charge in [-0.2, -0.15) is 0 Å². The molecule has 0 aliphatic carbocycles. The van der Waals surface area contributed by atoms with Gasteiger partial charge in [0.1, 0.15) is 12.4 Å². The standard InChI is InChI=1S/C18H16N2O4/c1-12-3-8-16(22-2)15(9-12)10-23-18(21)14-6-4-13(5-7-14)17-20-19-11-24-17/h3-9,11H,10H2,1-2H3. The highest BCUT2D eigenvalue weighted by molar-refractivity contribution is 5.89. The first-order valence-corrected chi connectivity index (χ1v) is 7.34. The predicted molar refractivity (Wildman–Crippen MR) is 86.6 cm³/mol. The molecule has 0 saturated carbocycles. The van der Waals surface area contributed by atoms with Crippen LogP contribution in [0, 0.1) is 6.92 Å². The molecule has 0 aliphatic heterocycles. The monoisotopic (exact) mass is 324 g/mol. The summed E-state index contributed by atoms with van der Waals surface area (Å²) < 4.78 is 15.8. The third-order valence-corrected chi connectivity index (χ3v) is 3.52. The number of carbonyl (C=O) groups is 1. The van der Waals surface area contributed by atoms with Crippen LogP contribution in [0.1, 0.15) is 21.5 Å². The average Bonchev–Trinajstić information content (AvgIpc) is 3.14. The van der Waals surface area contributed by atoms with Gasteiger partial charge < -0.3 is 13.9 Å². The molecule has 0 aliphatic rings. The summed E-state index contributed by atoms with van der Waals surface area (Å²) in [7, 11) is 1.59. The number of aryl methyl sites for hydroxylation is 1. The smallest absolute Gasteiger partial charge is 0.338 e. The van der Waals surface area contributed by atoms with Crippen LogP contribution in [0.2, 0.25) is 0 Å². The Bertz CT molecular complexity index is 827. The molecule has 2 aromatic carbocycles. The number of rotatable bonds is 5. The highest BCUT2D eigenvalue weighted by atomic mass is 16.5. The lowest BCUT2D eigenvalue weighted by molar-refractivity contribution is 0.0470. The topological polar surface area (TPSA) is 74.5 Å². The quantitative estimate of drug-likeness (QED) is 0.670. The van der Waals surface area contributed by atoms with Crippen molar-refractivity contribution in [2.45, 2.75) is 13.5 Å². The van der Waals surface area contributed by atoms with Crippen molar-refractivity contribution in [2.24, 2.45) is 0 Å². The Morgan fingerprint density at radius 2 is 1.96 bits per heavy atom. The van der Waals surface area contributed by atoms with Crippen molar-refractivity contribution < 1.29 is 18.7 Å². The molecule has 0 spiro atoms. The molecule has 6 nitrogen and oxygen atoms in total. The van der Waals surface area contributed by atoms with Gasteiger partial charge >= 0.3 is 5.97 Å². The van der Waals surface area contributed by atoms with Gasteiger partial charge in [0, 0.05) is 11.1 Å². The normalized spacial score (nSPS) is 10.4. The summed E-state index contributed by atoms with van der Waals surface area (Å²) >= 11 is 0. The van der Waals surface area contributed by atoms with Gasteiger partial charge in [0.15, 0.2) is 0 Å². The third-order valence-electron chi connectivity index (χ3n) is 3.52. The second kappa shape index (κ2) is 6.95. The number of methoxy groups -OCH3 is 1. The first-order chi connectivity index (χ1) is 11.7. The van der Waals surface area contributed by atoms with E-state index in [0.717, 1.165) is 16.7 Å². The fourth-order valence-electron chi connectivity index (χ4n) is 2.29. The van der Waals surface area contributed by atoms with Gasteiger partial charge in [0.05, 0.1) is 12.7 Å². The summed E-state index contributed by atoms with van der Waals surface area (Å²) in [6.07, 6.45) is 1.26. The molecular formula is C18H16N2O4. The molecule has 0 N–H and O–H groups in total. The molecule has 0 amide bonds. The van der Waals surface area contributed by atoms with E-state index in [-0.39, 0.29) is 6.61 Å². The van der Waals surface area contributed by atoms with Crippen LogP contribution in [0.25, 0.3) is 11.5 Å². The zero-order valence-corrected chi connectivity index (χ0v) is 13.4. The Morgan fingerprint density at radius 1 is 1.17 bits per heavy atom. The Balaban J connectivity index is 1.68. The van der Waals surface area contributed by atoms with Crippen molar-refractivity contribution in [1.29, 1.82) is 0 Å². The predicted octanol–water partition coefficient (Wildman–Crippen LogP) is 3.41. The van der Waals surface area contributed by atoms with Crippen molar-refractivity contribution in [1.82, 2.24) is 10.2 Å². The minimum atomic E-state index is -0.407. The number of carbonyl (C=O) groups excluding carboxylic acids is 1. The molecule has 6 heteroatoms. The fourth-order valence-corrected chi connectivity index (χ4v) is 2.29. The molecule has 122 valence electrons. The van der Waals surface area contributed by atoms with Gasteiger partial charge in [-0.3, -0.25) is 0 Å². The van der Waals surface area contributed by atoms with Gasteiger partial charge in [-0.05, 0) is 43.3 Å². The maximum absolute atomic E-state index is 12.2. The van der Waals surface area contributed by atoms with Crippen molar-refractivity contribution in [2.75, 3.05) is 7.11 Å². The average molecular weight is 324 g/mol. The van der Waals surface area contributed by atoms with Crippen LogP contribution in [0.5, 0.6) is 5.75 Å². The number of nitrogens with zero attached hydrogens (tertiary/aromatic N) is 2. The van der Waals surface area contributed by atoms with E-state index in [1.807, 2.05) is 25.1 Å². The SMILES string of the molecule is COc1ccc(C)cc1COC(=O)c1ccc(-c2nnco2)cc1. The van der Waals surface area contributed by atoms with E-state index in [9.17, 15) is 4.79 Å². The van der Waals surface area contributed by atoms with Crippen molar-refractivity contribution >= 4 is 5.97 Å². The number of benzene rings is 2. The molecule has 0 bridgehead atoms. The Labute approximate surface area is 139 Å². The van der Waals surface area contributed by atoms with Crippen LogP contribution >= 0.6 is 0 Å². The highest BCUT2D eigenvalue weighted by Crippen LogP contribution is 2.21. The number of hydrogen-bond acceptors (Lipinski definition) is 6. The van der Waals surface area contributed by atoms with E-state index in [4.69, 9.17) is 13.9 Å². The van der Waals surface area contributed by atoms with E-state index in [0.29, 0.717) is 17.2 Å². The molecule has 3 rings (SSSR count). The van der Waals surface area contributed by atoms with Crippen molar-refractivity contribution in [3.8, 4) is 17.2 Å². The number of esters is 1. The first-order valence-electron chi connectivity index (χ1n) is 7.34. The van der Waals surface area contributed by atoms with Crippen molar-refractivity contribution in [3.05, 3.63) is 65.5 Å². The van der Waals surface area contributed by atoms with Crippen LogP contribution in [-0.4, -0.2) is 23.3 Å². The Morgan fingerprint density at radius 3 is 2.62 bits per heavy atom. The van der Waals surface area contributed by atoms with E-state index in [1.54, 1.807) is 31.4 Å². The second-order valence-electron chi connectivity index (χ2n) is 5.21. The maximum Gasteiger partial charge on any atom is 0.338 e. The fraction of sp³-hybridized carbons (Fsp3) is 0.167. The van der Waals surface area contributed by atoms with Crippen LogP contribution in [-0.2, 0) is 11.3 Å². The maximum atomic E-state index is 12.2. The summed E-state index contributed by atoms with van der Waals surface area (Å²) in [5.74, 6) is 0.690. The lowest BCUT2D eigenvalue weighted by atomic mass is 10.1. The molecular weight excluding hydrogens is 308 g/mol. The number of aromatic nitrogens is 2. The molecule has 3 aromatic rings. The van der Waals surface area contributed by atoms with Crippen LogP contribution in [0.4, 0.5) is 0 Å². The molecule has 1 aromatic heterocycles. The van der Waals surface area contributed by atoms with E-state index >= 15 is 0 Å². The van der Waals surface area contributed by atoms with E-state index in [1.165, 1.54) is 6.39 Å². The minimum absolute atomic E-state index is 0.148. The van der Waals surface area contributed by atoms with E-state index < -0.39 is 5.97 Å². The van der Waals surface area contributed by atoms with Gasteiger partial charge in [0.2, 0.25) is 12.3 Å². The molecule has 1 heterocycles. The number of hydrogen-bond donors (Lipinski definition) is 0. The van der Waals surface area contributed by atoms with Crippen LogP contribution < -0.4 is 4.74 Å². The van der Waals surface area contributed by atoms with Crippen LogP contribution in [0.15, 0.2) is 53.3 Å². The summed E-state index contributed by atoms with van der Waals surface area (Å²) in [5.41, 5.74) is 3.09. The van der Waals surface area contributed by atoms with Crippen molar-refractivity contribution in [3.63, 3.8) is 0 Å². The van der Waals surface area contributed by atoms with Gasteiger partial charge in [0.25, 0.3) is 0 Å². The Kier molecular flexibility index (Phi) is 4.56. The summed E-state index contributed by atoms with van der Waals surface area (Å²) in [5, 5.41) is 7.44. The largest absolute Gasteiger partial charge is 0.496 e. The van der Waals surface area contributed by atoms with Gasteiger partial charge in [-0.1, -0.05) is 11.6 Å². The first kappa shape index (κ1) is 15.7. The minimum Gasteiger partial charge on any atom is -0.496 e. The van der Waals surface area contributed by atoms with Gasteiger partial charge in [-0.15, -0.1) is 10.2 Å².